The van der Waals surface area contributed by atoms with Gasteiger partial charge in [-0.05, 0) is 58.8 Å². The minimum Gasteiger partial charge on any atom is -0.503 e. The summed E-state index contributed by atoms with van der Waals surface area (Å²) in [5.74, 6) is 0.584. The van der Waals surface area contributed by atoms with Crippen LogP contribution in [-0.2, 0) is 0 Å². The van der Waals surface area contributed by atoms with Crippen molar-refractivity contribution in [1.29, 1.82) is 0 Å². The number of halogens is 1. The lowest BCUT2D eigenvalue weighted by Gasteiger charge is -2.08. The number of rotatable bonds is 4. The molecule has 116 valence electrons. The fraction of sp³-hybridized carbons (Fsp3) is 0.105. The standard InChI is InChI=1S/C19H16BrNO2/c1-2-23-18-12-13(11-16(20)19(18)22)7-9-15-10-8-14-5-3-4-6-17(14)21-15/h3-12,22H,2H2,1H3/b9-7+. The van der Waals surface area contributed by atoms with Crippen molar-refractivity contribution in [3.8, 4) is 11.5 Å². The second kappa shape index (κ2) is 6.84. The van der Waals surface area contributed by atoms with Crippen LogP contribution in [0.5, 0.6) is 11.5 Å². The molecule has 0 unspecified atom stereocenters. The third-order valence-electron chi connectivity index (χ3n) is 3.42. The van der Waals surface area contributed by atoms with Gasteiger partial charge in [-0.15, -0.1) is 0 Å². The van der Waals surface area contributed by atoms with Crippen LogP contribution in [-0.4, -0.2) is 16.7 Å². The molecule has 0 aliphatic rings. The summed E-state index contributed by atoms with van der Waals surface area (Å²) in [5, 5.41) is 11.1. The Balaban J connectivity index is 1.91. The Kier molecular flexibility index (Phi) is 4.63. The highest BCUT2D eigenvalue weighted by Gasteiger charge is 2.07. The summed E-state index contributed by atoms with van der Waals surface area (Å²) in [6, 6.07) is 15.7. The van der Waals surface area contributed by atoms with Gasteiger partial charge in [-0.3, -0.25) is 0 Å². The Morgan fingerprint density at radius 2 is 1.96 bits per heavy atom. The van der Waals surface area contributed by atoms with E-state index in [9.17, 15) is 5.11 Å². The maximum atomic E-state index is 9.95. The lowest BCUT2D eigenvalue weighted by molar-refractivity contribution is 0.317. The SMILES string of the molecule is CCOc1cc(/C=C/c2ccc3ccccc3n2)cc(Br)c1O. The molecule has 0 saturated carbocycles. The highest BCUT2D eigenvalue weighted by atomic mass is 79.9. The monoisotopic (exact) mass is 369 g/mol. The van der Waals surface area contributed by atoms with Crippen molar-refractivity contribution >= 4 is 39.0 Å². The van der Waals surface area contributed by atoms with E-state index in [2.05, 4.69) is 27.0 Å². The summed E-state index contributed by atoms with van der Waals surface area (Å²) in [4.78, 5) is 4.61. The third-order valence-corrected chi connectivity index (χ3v) is 4.02. The molecule has 0 bridgehead atoms. The molecular weight excluding hydrogens is 354 g/mol. The quantitative estimate of drug-likeness (QED) is 0.680. The Bertz CT molecular complexity index is 874. The van der Waals surface area contributed by atoms with E-state index in [4.69, 9.17) is 4.74 Å². The Hall–Kier alpha value is -2.33. The van der Waals surface area contributed by atoms with E-state index >= 15 is 0 Å². The average Bonchev–Trinajstić information content (AvgIpc) is 2.57. The summed E-state index contributed by atoms with van der Waals surface area (Å²) in [6.07, 6.45) is 3.89. The van der Waals surface area contributed by atoms with Crippen molar-refractivity contribution in [2.24, 2.45) is 0 Å². The fourth-order valence-electron chi connectivity index (χ4n) is 2.31. The minimum atomic E-state index is 0.118. The predicted molar refractivity (Wildman–Crippen MR) is 97.6 cm³/mol. The van der Waals surface area contributed by atoms with Crippen molar-refractivity contribution in [3.63, 3.8) is 0 Å². The number of aromatic nitrogens is 1. The van der Waals surface area contributed by atoms with E-state index < -0.39 is 0 Å². The van der Waals surface area contributed by atoms with Gasteiger partial charge in [0.15, 0.2) is 11.5 Å². The highest BCUT2D eigenvalue weighted by Crippen LogP contribution is 2.36. The smallest absolute Gasteiger partial charge is 0.172 e. The van der Waals surface area contributed by atoms with Crippen LogP contribution < -0.4 is 4.74 Å². The first-order chi connectivity index (χ1) is 11.2. The maximum Gasteiger partial charge on any atom is 0.172 e. The second-order valence-corrected chi connectivity index (χ2v) is 5.90. The number of aromatic hydroxyl groups is 1. The van der Waals surface area contributed by atoms with Gasteiger partial charge in [0.05, 0.1) is 22.3 Å². The number of ether oxygens (including phenoxy) is 1. The number of nitrogens with zero attached hydrogens (tertiary/aromatic N) is 1. The van der Waals surface area contributed by atoms with Crippen molar-refractivity contribution < 1.29 is 9.84 Å². The molecule has 0 fully saturated rings. The van der Waals surface area contributed by atoms with Crippen molar-refractivity contribution in [2.45, 2.75) is 6.92 Å². The molecule has 2 aromatic carbocycles. The summed E-state index contributed by atoms with van der Waals surface area (Å²) >= 11 is 3.35. The largest absolute Gasteiger partial charge is 0.503 e. The molecule has 0 aliphatic carbocycles. The van der Waals surface area contributed by atoms with Gasteiger partial charge in [0.2, 0.25) is 0 Å². The maximum absolute atomic E-state index is 9.95. The fourth-order valence-corrected chi connectivity index (χ4v) is 2.77. The predicted octanol–water partition coefficient (Wildman–Crippen LogP) is 5.27. The molecule has 4 heteroatoms. The minimum absolute atomic E-state index is 0.118. The van der Waals surface area contributed by atoms with Crippen molar-refractivity contribution in [2.75, 3.05) is 6.61 Å². The highest BCUT2D eigenvalue weighted by molar-refractivity contribution is 9.10. The Morgan fingerprint density at radius 1 is 1.13 bits per heavy atom. The number of para-hydroxylation sites is 1. The first kappa shape index (κ1) is 15.6. The van der Waals surface area contributed by atoms with Gasteiger partial charge in [0.25, 0.3) is 0 Å². The number of hydrogen-bond acceptors (Lipinski definition) is 3. The van der Waals surface area contributed by atoms with Gasteiger partial charge < -0.3 is 9.84 Å². The van der Waals surface area contributed by atoms with E-state index in [0.717, 1.165) is 22.2 Å². The number of pyridine rings is 1. The van der Waals surface area contributed by atoms with E-state index in [0.29, 0.717) is 16.8 Å². The normalized spacial score (nSPS) is 11.2. The average molecular weight is 370 g/mol. The summed E-state index contributed by atoms with van der Waals surface area (Å²) in [5.41, 5.74) is 2.77. The molecule has 0 atom stereocenters. The molecule has 1 heterocycles. The van der Waals surface area contributed by atoms with Gasteiger partial charge in [-0.1, -0.05) is 30.3 Å². The molecule has 1 aromatic heterocycles. The summed E-state index contributed by atoms with van der Waals surface area (Å²) < 4.78 is 6.04. The molecule has 0 spiro atoms. The van der Waals surface area contributed by atoms with Crippen LogP contribution in [0.2, 0.25) is 0 Å². The molecule has 1 N–H and O–H groups in total. The van der Waals surface area contributed by atoms with Gasteiger partial charge in [0.1, 0.15) is 0 Å². The molecular formula is C19H16BrNO2. The van der Waals surface area contributed by atoms with Crippen LogP contribution in [0.3, 0.4) is 0 Å². The lowest BCUT2D eigenvalue weighted by Crippen LogP contribution is -1.92. The zero-order valence-electron chi connectivity index (χ0n) is 12.7. The van der Waals surface area contributed by atoms with E-state index in [1.54, 1.807) is 6.07 Å². The van der Waals surface area contributed by atoms with Crippen LogP contribution in [0.4, 0.5) is 0 Å². The third kappa shape index (κ3) is 3.54. The van der Waals surface area contributed by atoms with E-state index in [-0.39, 0.29) is 5.75 Å². The van der Waals surface area contributed by atoms with Crippen LogP contribution in [0.15, 0.2) is 53.0 Å². The summed E-state index contributed by atoms with van der Waals surface area (Å²) in [6.45, 7) is 2.38. The molecule has 0 amide bonds. The molecule has 3 aromatic rings. The molecule has 3 rings (SSSR count). The molecule has 3 nitrogen and oxygen atoms in total. The first-order valence-electron chi connectivity index (χ1n) is 7.36. The lowest BCUT2D eigenvalue weighted by atomic mass is 10.1. The van der Waals surface area contributed by atoms with Crippen LogP contribution >= 0.6 is 15.9 Å². The Labute approximate surface area is 143 Å². The van der Waals surface area contributed by atoms with Crippen LogP contribution in [0, 0.1) is 0 Å². The van der Waals surface area contributed by atoms with Gasteiger partial charge in [-0.25, -0.2) is 4.98 Å². The van der Waals surface area contributed by atoms with Gasteiger partial charge in [-0.2, -0.15) is 0 Å². The van der Waals surface area contributed by atoms with Crippen LogP contribution in [0.1, 0.15) is 18.2 Å². The zero-order valence-corrected chi connectivity index (χ0v) is 14.2. The number of phenols is 1. The number of hydrogen-bond donors (Lipinski definition) is 1. The Morgan fingerprint density at radius 3 is 2.78 bits per heavy atom. The van der Waals surface area contributed by atoms with Crippen LogP contribution in [0.25, 0.3) is 23.1 Å². The molecule has 0 saturated heterocycles. The molecule has 0 aliphatic heterocycles. The van der Waals surface area contributed by atoms with Gasteiger partial charge in [0, 0.05) is 5.39 Å². The van der Waals surface area contributed by atoms with Crippen molar-refractivity contribution in [3.05, 3.63) is 64.3 Å². The zero-order chi connectivity index (χ0) is 16.2. The first-order valence-corrected chi connectivity index (χ1v) is 8.16. The number of fused-ring (bicyclic) bond motifs is 1. The molecule has 23 heavy (non-hydrogen) atoms. The van der Waals surface area contributed by atoms with Crippen molar-refractivity contribution in [1.82, 2.24) is 4.98 Å². The van der Waals surface area contributed by atoms with E-state index in [1.807, 2.05) is 55.5 Å². The second-order valence-electron chi connectivity index (χ2n) is 5.04. The molecule has 0 radical (unpaired) electrons. The summed E-state index contributed by atoms with van der Waals surface area (Å²) in [7, 11) is 0. The number of phenolic OH excluding ortho intramolecular Hbond substituents is 1. The van der Waals surface area contributed by atoms with E-state index in [1.165, 1.54) is 0 Å². The number of benzene rings is 2. The van der Waals surface area contributed by atoms with Gasteiger partial charge >= 0.3 is 0 Å². The topological polar surface area (TPSA) is 42.4 Å².